The predicted octanol–water partition coefficient (Wildman–Crippen LogP) is 4.57. The maximum Gasteiger partial charge on any atom is 0.258 e. The second-order valence-corrected chi connectivity index (χ2v) is 6.95. The second kappa shape index (κ2) is 7.05. The van der Waals surface area contributed by atoms with Gasteiger partial charge in [0.15, 0.2) is 18.1 Å². The highest BCUT2D eigenvalue weighted by molar-refractivity contribution is 6.05. The maximum atomic E-state index is 12.3. The van der Waals surface area contributed by atoms with Crippen LogP contribution in [0.3, 0.4) is 0 Å². The Labute approximate surface area is 167 Å². The highest BCUT2D eigenvalue weighted by Crippen LogP contribution is 2.34. The zero-order valence-electron chi connectivity index (χ0n) is 15.8. The van der Waals surface area contributed by atoms with E-state index in [0.717, 1.165) is 33.3 Å². The van der Waals surface area contributed by atoms with Gasteiger partial charge in [-0.25, -0.2) is 0 Å². The number of ether oxygens (including phenoxy) is 3. The molecule has 0 bridgehead atoms. The van der Waals surface area contributed by atoms with Gasteiger partial charge in [-0.1, -0.05) is 24.3 Å². The van der Waals surface area contributed by atoms with Crippen LogP contribution in [-0.4, -0.2) is 19.3 Å². The summed E-state index contributed by atoms with van der Waals surface area (Å²) in [6.07, 6.45) is 0. The molecule has 0 unspecified atom stereocenters. The van der Waals surface area contributed by atoms with Crippen molar-refractivity contribution in [3.8, 4) is 17.2 Å². The molecule has 29 heavy (non-hydrogen) atoms. The smallest absolute Gasteiger partial charge is 0.258 e. The summed E-state index contributed by atoms with van der Waals surface area (Å²) in [5, 5.41) is 4.93. The van der Waals surface area contributed by atoms with Crippen molar-refractivity contribution in [1.82, 2.24) is 5.32 Å². The number of carbonyl (C=O) groups is 1. The van der Waals surface area contributed by atoms with E-state index in [1.807, 2.05) is 61.5 Å². The van der Waals surface area contributed by atoms with E-state index in [-0.39, 0.29) is 25.3 Å². The lowest BCUT2D eigenvalue weighted by Crippen LogP contribution is -2.31. The van der Waals surface area contributed by atoms with Crippen LogP contribution in [0, 0.1) is 0 Å². The van der Waals surface area contributed by atoms with Crippen molar-refractivity contribution in [2.45, 2.75) is 13.0 Å². The Balaban J connectivity index is 1.25. The molecule has 146 valence electrons. The summed E-state index contributed by atoms with van der Waals surface area (Å²) < 4.78 is 22.2. The molecular formula is C23H19NO5. The molecule has 1 aromatic heterocycles. The zero-order valence-corrected chi connectivity index (χ0v) is 15.8. The van der Waals surface area contributed by atoms with Gasteiger partial charge in [0.1, 0.15) is 16.9 Å². The number of furan rings is 1. The van der Waals surface area contributed by atoms with E-state index in [2.05, 4.69) is 5.32 Å². The Kier molecular flexibility index (Phi) is 4.24. The van der Waals surface area contributed by atoms with E-state index in [1.165, 1.54) is 0 Å². The van der Waals surface area contributed by atoms with Gasteiger partial charge in [-0.15, -0.1) is 0 Å². The number of benzene rings is 3. The first-order valence-electron chi connectivity index (χ1n) is 9.40. The Morgan fingerprint density at radius 1 is 1.00 bits per heavy atom. The zero-order chi connectivity index (χ0) is 19.8. The van der Waals surface area contributed by atoms with Gasteiger partial charge in [0.2, 0.25) is 6.79 Å². The Morgan fingerprint density at radius 3 is 2.76 bits per heavy atom. The van der Waals surface area contributed by atoms with Gasteiger partial charge in [-0.2, -0.15) is 0 Å². The van der Waals surface area contributed by atoms with Crippen LogP contribution in [0.15, 0.2) is 65.1 Å². The number of carbonyl (C=O) groups excluding carboxylic acids is 1. The average molecular weight is 389 g/mol. The molecule has 2 heterocycles. The Hall–Kier alpha value is -3.67. The fraction of sp³-hybridized carbons (Fsp3) is 0.174. The molecule has 0 radical (unpaired) electrons. The van der Waals surface area contributed by atoms with Gasteiger partial charge in [-0.3, -0.25) is 4.79 Å². The van der Waals surface area contributed by atoms with Crippen LogP contribution in [0.5, 0.6) is 17.2 Å². The van der Waals surface area contributed by atoms with Crippen LogP contribution >= 0.6 is 0 Å². The third-order valence-corrected chi connectivity index (χ3v) is 4.99. The van der Waals surface area contributed by atoms with Gasteiger partial charge >= 0.3 is 0 Å². The first kappa shape index (κ1) is 17.4. The quantitative estimate of drug-likeness (QED) is 0.541. The summed E-state index contributed by atoms with van der Waals surface area (Å²) in [5.74, 6) is 1.83. The van der Waals surface area contributed by atoms with Crippen molar-refractivity contribution < 1.29 is 23.4 Å². The number of amides is 1. The molecule has 0 saturated carbocycles. The third kappa shape index (κ3) is 3.33. The predicted molar refractivity (Wildman–Crippen MR) is 108 cm³/mol. The maximum absolute atomic E-state index is 12.3. The number of fused-ring (bicyclic) bond motifs is 4. The molecule has 1 amide bonds. The van der Waals surface area contributed by atoms with Crippen LogP contribution in [0.1, 0.15) is 18.5 Å². The Morgan fingerprint density at radius 2 is 1.83 bits per heavy atom. The summed E-state index contributed by atoms with van der Waals surface area (Å²) in [5.41, 5.74) is 2.56. The van der Waals surface area contributed by atoms with Crippen molar-refractivity contribution in [2.24, 2.45) is 0 Å². The van der Waals surface area contributed by atoms with Crippen molar-refractivity contribution in [1.29, 1.82) is 0 Å². The van der Waals surface area contributed by atoms with Crippen LogP contribution in [0.4, 0.5) is 0 Å². The van der Waals surface area contributed by atoms with Gasteiger partial charge in [-0.05, 0) is 48.9 Å². The monoisotopic (exact) mass is 389 g/mol. The summed E-state index contributed by atoms with van der Waals surface area (Å²) >= 11 is 0. The van der Waals surface area contributed by atoms with Crippen molar-refractivity contribution in [2.75, 3.05) is 13.4 Å². The number of hydrogen-bond acceptors (Lipinski definition) is 5. The largest absolute Gasteiger partial charge is 0.484 e. The minimum atomic E-state index is -0.202. The molecule has 4 aromatic rings. The van der Waals surface area contributed by atoms with Gasteiger partial charge in [0.05, 0.1) is 6.04 Å². The number of para-hydroxylation sites is 1. The van der Waals surface area contributed by atoms with Crippen LogP contribution < -0.4 is 19.5 Å². The second-order valence-electron chi connectivity index (χ2n) is 6.95. The average Bonchev–Trinajstić information content (AvgIpc) is 3.35. The lowest BCUT2D eigenvalue weighted by Gasteiger charge is -2.15. The first-order chi connectivity index (χ1) is 14.2. The van der Waals surface area contributed by atoms with Gasteiger partial charge in [0, 0.05) is 10.8 Å². The molecule has 3 aromatic carbocycles. The highest BCUT2D eigenvalue weighted by Gasteiger charge is 2.17. The SMILES string of the molecule is C[C@H](NC(=O)COc1ccc2oc3ccccc3c2c1)c1ccc2c(c1)OCO2. The number of nitrogens with one attached hydrogen (secondary N) is 1. The fourth-order valence-corrected chi connectivity index (χ4v) is 3.49. The van der Waals surface area contributed by atoms with Gasteiger partial charge in [0.25, 0.3) is 5.91 Å². The topological polar surface area (TPSA) is 69.9 Å². The van der Waals surface area contributed by atoms with Crippen LogP contribution in [-0.2, 0) is 4.79 Å². The summed E-state index contributed by atoms with van der Waals surface area (Å²) in [4.78, 5) is 12.3. The fourth-order valence-electron chi connectivity index (χ4n) is 3.49. The third-order valence-electron chi connectivity index (χ3n) is 4.99. The molecule has 0 spiro atoms. The normalized spacial score (nSPS) is 13.6. The van der Waals surface area contributed by atoms with E-state index in [1.54, 1.807) is 6.07 Å². The van der Waals surface area contributed by atoms with Crippen LogP contribution in [0.25, 0.3) is 21.9 Å². The van der Waals surface area contributed by atoms with Crippen molar-refractivity contribution >= 4 is 27.8 Å². The van der Waals surface area contributed by atoms with E-state index in [4.69, 9.17) is 18.6 Å². The summed E-state index contributed by atoms with van der Waals surface area (Å²) in [6.45, 7) is 2.07. The van der Waals surface area contributed by atoms with Crippen molar-refractivity contribution in [3.63, 3.8) is 0 Å². The lowest BCUT2D eigenvalue weighted by molar-refractivity contribution is -0.123. The van der Waals surface area contributed by atoms with E-state index in [9.17, 15) is 4.79 Å². The molecule has 6 heteroatoms. The molecule has 0 aliphatic carbocycles. The van der Waals surface area contributed by atoms with E-state index >= 15 is 0 Å². The molecule has 1 aliphatic heterocycles. The lowest BCUT2D eigenvalue weighted by atomic mass is 10.1. The molecule has 1 atom stereocenters. The van der Waals surface area contributed by atoms with Crippen LogP contribution in [0.2, 0.25) is 0 Å². The molecule has 1 aliphatic rings. The molecule has 1 N–H and O–H groups in total. The first-order valence-corrected chi connectivity index (χ1v) is 9.40. The number of hydrogen-bond donors (Lipinski definition) is 1. The summed E-state index contributed by atoms with van der Waals surface area (Å²) in [6, 6.07) is 18.9. The summed E-state index contributed by atoms with van der Waals surface area (Å²) in [7, 11) is 0. The minimum Gasteiger partial charge on any atom is -0.484 e. The van der Waals surface area contributed by atoms with E-state index in [0.29, 0.717) is 11.5 Å². The molecule has 5 rings (SSSR count). The van der Waals surface area contributed by atoms with Gasteiger partial charge < -0.3 is 23.9 Å². The number of rotatable bonds is 5. The molecular weight excluding hydrogens is 370 g/mol. The molecule has 6 nitrogen and oxygen atoms in total. The minimum absolute atomic E-state index is 0.0732. The van der Waals surface area contributed by atoms with E-state index < -0.39 is 0 Å². The Bertz CT molecular complexity index is 1210. The highest BCUT2D eigenvalue weighted by atomic mass is 16.7. The molecule has 0 fully saturated rings. The standard InChI is InChI=1S/C23H19NO5/c1-14(15-6-8-21-22(10-15)28-13-27-21)24-23(25)12-26-16-7-9-20-18(11-16)17-4-2-3-5-19(17)29-20/h2-11,14H,12-13H2,1H3,(H,24,25)/t14-/m0/s1. The van der Waals surface area contributed by atoms with Crippen molar-refractivity contribution in [3.05, 3.63) is 66.2 Å². The molecule has 0 saturated heterocycles.